The van der Waals surface area contributed by atoms with Gasteiger partial charge in [-0.25, -0.2) is 4.98 Å². The number of carbonyl (C=O) groups is 1. The number of hydrogen-bond acceptors (Lipinski definition) is 2. The molecular weight excluding hydrogens is 260 g/mol. The lowest BCUT2D eigenvalue weighted by Gasteiger charge is -2.33. The van der Waals surface area contributed by atoms with Gasteiger partial charge in [-0.1, -0.05) is 43.5 Å². The summed E-state index contributed by atoms with van der Waals surface area (Å²) in [5, 5.41) is 1.08. The van der Waals surface area contributed by atoms with Crippen molar-refractivity contribution >= 4 is 16.8 Å². The fourth-order valence-corrected chi connectivity index (χ4v) is 3.29. The molecule has 0 aliphatic heterocycles. The maximum atomic E-state index is 12.8. The third kappa shape index (κ3) is 2.92. The second-order valence-corrected chi connectivity index (χ2v) is 5.77. The molecule has 21 heavy (non-hydrogen) atoms. The molecule has 0 N–H and O–H groups in total. The number of amides is 1. The maximum absolute atomic E-state index is 12.8. The van der Waals surface area contributed by atoms with Crippen molar-refractivity contribution in [3.05, 3.63) is 42.1 Å². The zero-order valence-electron chi connectivity index (χ0n) is 12.6. The van der Waals surface area contributed by atoms with Gasteiger partial charge in [0.05, 0.1) is 5.52 Å². The van der Waals surface area contributed by atoms with Gasteiger partial charge in [0.25, 0.3) is 5.91 Å². The van der Waals surface area contributed by atoms with Gasteiger partial charge in [0.1, 0.15) is 5.69 Å². The van der Waals surface area contributed by atoms with Gasteiger partial charge in [-0.15, -0.1) is 0 Å². The molecule has 1 aromatic heterocycles. The van der Waals surface area contributed by atoms with E-state index >= 15 is 0 Å². The Balaban J connectivity index is 1.86. The van der Waals surface area contributed by atoms with Crippen LogP contribution in [0.3, 0.4) is 0 Å². The van der Waals surface area contributed by atoms with Gasteiger partial charge in [-0.2, -0.15) is 0 Å². The molecule has 1 aliphatic rings. The Hall–Kier alpha value is -1.90. The van der Waals surface area contributed by atoms with Crippen molar-refractivity contribution < 1.29 is 4.79 Å². The molecule has 2 aromatic rings. The molecule has 0 bridgehead atoms. The standard InChI is InChI=1S/C18H22N2O/c1-2-20(15-9-4-3-5-10-15)18(21)17-13-12-14-8-6-7-11-16(14)19-17/h6-8,11-13,15H,2-5,9-10H2,1H3. The molecule has 3 rings (SSSR count). The van der Waals surface area contributed by atoms with Gasteiger partial charge >= 0.3 is 0 Å². The normalized spacial score (nSPS) is 16.0. The summed E-state index contributed by atoms with van der Waals surface area (Å²) in [5.41, 5.74) is 1.46. The Morgan fingerprint density at radius 3 is 2.67 bits per heavy atom. The van der Waals surface area contributed by atoms with Crippen LogP contribution in [0.15, 0.2) is 36.4 Å². The number of para-hydroxylation sites is 1. The predicted molar refractivity (Wildman–Crippen MR) is 85.3 cm³/mol. The first kappa shape index (κ1) is 14.1. The number of hydrogen-bond donors (Lipinski definition) is 0. The molecule has 110 valence electrons. The van der Waals surface area contributed by atoms with Crippen molar-refractivity contribution in [2.24, 2.45) is 0 Å². The number of rotatable bonds is 3. The minimum absolute atomic E-state index is 0.0788. The molecule has 3 heteroatoms. The summed E-state index contributed by atoms with van der Waals surface area (Å²) in [6.45, 7) is 2.82. The second-order valence-electron chi connectivity index (χ2n) is 5.77. The predicted octanol–water partition coefficient (Wildman–Crippen LogP) is 4.03. The minimum atomic E-state index is 0.0788. The first-order valence-corrected chi connectivity index (χ1v) is 7.96. The van der Waals surface area contributed by atoms with E-state index < -0.39 is 0 Å². The molecule has 3 nitrogen and oxygen atoms in total. The zero-order valence-corrected chi connectivity index (χ0v) is 12.6. The summed E-state index contributed by atoms with van der Waals surface area (Å²) in [4.78, 5) is 19.3. The molecule has 1 fully saturated rings. The van der Waals surface area contributed by atoms with E-state index in [0.29, 0.717) is 11.7 Å². The molecule has 0 spiro atoms. The van der Waals surface area contributed by atoms with Crippen molar-refractivity contribution in [3.63, 3.8) is 0 Å². The number of fused-ring (bicyclic) bond motifs is 1. The van der Waals surface area contributed by atoms with Crippen LogP contribution in [-0.2, 0) is 0 Å². The smallest absolute Gasteiger partial charge is 0.272 e. The second kappa shape index (κ2) is 6.25. The van der Waals surface area contributed by atoms with E-state index in [-0.39, 0.29) is 5.91 Å². The quantitative estimate of drug-likeness (QED) is 0.851. The van der Waals surface area contributed by atoms with Crippen LogP contribution >= 0.6 is 0 Å². The molecule has 1 aromatic carbocycles. The largest absolute Gasteiger partial charge is 0.335 e. The van der Waals surface area contributed by atoms with Crippen molar-refractivity contribution in [2.45, 2.75) is 45.1 Å². The summed E-state index contributed by atoms with van der Waals surface area (Å²) in [6.07, 6.45) is 6.04. The molecular formula is C18H22N2O. The van der Waals surface area contributed by atoms with E-state index in [1.54, 1.807) is 0 Å². The van der Waals surface area contributed by atoms with Gasteiger partial charge < -0.3 is 4.90 Å². The highest BCUT2D eigenvalue weighted by atomic mass is 16.2. The molecule has 0 saturated heterocycles. The Bertz CT molecular complexity index is 632. The number of pyridine rings is 1. The Kier molecular flexibility index (Phi) is 4.18. The van der Waals surface area contributed by atoms with Crippen LogP contribution in [0.1, 0.15) is 49.5 Å². The van der Waals surface area contributed by atoms with Crippen molar-refractivity contribution in [1.29, 1.82) is 0 Å². The average Bonchev–Trinajstić information content (AvgIpc) is 2.56. The maximum Gasteiger partial charge on any atom is 0.272 e. The van der Waals surface area contributed by atoms with Gasteiger partial charge in [-0.3, -0.25) is 4.79 Å². The lowest BCUT2D eigenvalue weighted by molar-refractivity contribution is 0.0642. The molecule has 1 aliphatic carbocycles. The van der Waals surface area contributed by atoms with E-state index in [4.69, 9.17) is 0 Å². The van der Waals surface area contributed by atoms with E-state index in [1.807, 2.05) is 41.3 Å². The molecule has 0 atom stereocenters. The molecule has 1 saturated carbocycles. The molecule has 1 heterocycles. The number of benzene rings is 1. The number of nitrogens with zero attached hydrogens (tertiary/aromatic N) is 2. The minimum Gasteiger partial charge on any atom is -0.335 e. The number of carbonyl (C=O) groups excluding carboxylic acids is 1. The van der Waals surface area contributed by atoms with Crippen LogP contribution in [0.4, 0.5) is 0 Å². The highest BCUT2D eigenvalue weighted by Gasteiger charge is 2.25. The summed E-state index contributed by atoms with van der Waals surface area (Å²) in [7, 11) is 0. The van der Waals surface area contributed by atoms with Crippen LogP contribution < -0.4 is 0 Å². The van der Waals surface area contributed by atoms with Crippen molar-refractivity contribution in [1.82, 2.24) is 9.88 Å². The van der Waals surface area contributed by atoms with Crippen LogP contribution in [0.5, 0.6) is 0 Å². The summed E-state index contributed by atoms with van der Waals surface area (Å²) >= 11 is 0. The lowest BCUT2D eigenvalue weighted by atomic mass is 9.94. The fraction of sp³-hybridized carbons (Fsp3) is 0.444. The number of aromatic nitrogens is 1. The van der Waals surface area contributed by atoms with Crippen molar-refractivity contribution in [2.75, 3.05) is 6.54 Å². The van der Waals surface area contributed by atoms with E-state index in [0.717, 1.165) is 30.3 Å². The van der Waals surface area contributed by atoms with Gasteiger partial charge in [-0.05, 0) is 31.9 Å². The van der Waals surface area contributed by atoms with Crippen molar-refractivity contribution in [3.8, 4) is 0 Å². The molecule has 0 unspecified atom stereocenters. The van der Waals surface area contributed by atoms with Crippen LogP contribution in [0.2, 0.25) is 0 Å². The topological polar surface area (TPSA) is 33.2 Å². The van der Waals surface area contributed by atoms with Crippen LogP contribution in [-0.4, -0.2) is 28.4 Å². The zero-order chi connectivity index (χ0) is 14.7. The highest BCUT2D eigenvalue weighted by molar-refractivity contribution is 5.95. The molecule has 1 amide bonds. The fourth-order valence-electron chi connectivity index (χ4n) is 3.29. The Morgan fingerprint density at radius 1 is 1.14 bits per heavy atom. The third-order valence-electron chi connectivity index (χ3n) is 4.43. The first-order valence-electron chi connectivity index (χ1n) is 7.96. The molecule has 0 radical (unpaired) electrons. The van der Waals surface area contributed by atoms with Crippen LogP contribution in [0, 0.1) is 0 Å². The van der Waals surface area contributed by atoms with Gasteiger partial charge in [0, 0.05) is 18.0 Å². The summed E-state index contributed by atoms with van der Waals surface area (Å²) in [5.74, 6) is 0.0788. The van der Waals surface area contributed by atoms with Gasteiger partial charge in [0.2, 0.25) is 0 Å². The van der Waals surface area contributed by atoms with E-state index in [9.17, 15) is 4.79 Å². The SMILES string of the molecule is CCN(C(=O)c1ccc2ccccc2n1)C1CCCCC1. The summed E-state index contributed by atoms with van der Waals surface area (Å²) in [6, 6.07) is 12.2. The van der Waals surface area contributed by atoms with Gasteiger partial charge in [0.15, 0.2) is 0 Å². The first-order chi connectivity index (χ1) is 10.3. The Labute approximate surface area is 126 Å². The van der Waals surface area contributed by atoms with Crippen LogP contribution in [0.25, 0.3) is 10.9 Å². The van der Waals surface area contributed by atoms with E-state index in [1.165, 1.54) is 19.3 Å². The summed E-state index contributed by atoms with van der Waals surface area (Å²) < 4.78 is 0. The third-order valence-corrected chi connectivity index (χ3v) is 4.43. The average molecular weight is 282 g/mol. The monoisotopic (exact) mass is 282 g/mol. The lowest BCUT2D eigenvalue weighted by Crippen LogP contribution is -2.41. The van der Waals surface area contributed by atoms with E-state index in [2.05, 4.69) is 11.9 Å². The highest BCUT2D eigenvalue weighted by Crippen LogP contribution is 2.24. The Morgan fingerprint density at radius 2 is 1.90 bits per heavy atom.